The third-order valence-corrected chi connectivity index (χ3v) is 15.5. The first-order chi connectivity index (χ1) is 19.6. The SMILES string of the molecule is CC(C)(C)OC(=O)NC1CCN(C(=O)CCCCCP(Cl)(c2ccccc2)(c2ccccc2)c2ccccc2)CC1. The summed E-state index contributed by atoms with van der Waals surface area (Å²) in [6.07, 6.45) is 5.16. The van der Waals surface area contributed by atoms with Crippen molar-refractivity contribution < 1.29 is 14.3 Å². The molecule has 1 heterocycles. The molecule has 0 atom stereocenters. The van der Waals surface area contributed by atoms with Crippen molar-refractivity contribution in [3.8, 4) is 0 Å². The molecule has 0 spiro atoms. The zero-order valence-electron chi connectivity index (χ0n) is 24.6. The van der Waals surface area contributed by atoms with Crippen molar-refractivity contribution in [3.05, 3.63) is 91.0 Å². The third kappa shape index (κ3) is 7.50. The van der Waals surface area contributed by atoms with Crippen molar-refractivity contribution in [1.82, 2.24) is 10.2 Å². The van der Waals surface area contributed by atoms with Crippen LogP contribution < -0.4 is 21.2 Å². The van der Waals surface area contributed by atoms with Crippen LogP contribution in [0.4, 0.5) is 4.79 Å². The van der Waals surface area contributed by atoms with Gasteiger partial charge >= 0.3 is 215 Å². The van der Waals surface area contributed by atoms with Crippen molar-refractivity contribution in [3.63, 3.8) is 0 Å². The number of nitrogens with zero attached hydrogens (tertiary/aromatic N) is 1. The summed E-state index contributed by atoms with van der Waals surface area (Å²) in [6.45, 7) is 6.89. The average Bonchev–Trinajstić information content (AvgIpc) is 2.97. The van der Waals surface area contributed by atoms with Gasteiger partial charge < -0.3 is 4.74 Å². The van der Waals surface area contributed by atoms with E-state index in [4.69, 9.17) is 16.0 Å². The molecular formula is C34H44ClN2O3P. The number of nitrogens with one attached hydrogen (secondary N) is 1. The molecule has 0 bridgehead atoms. The number of piperidine rings is 1. The fourth-order valence-corrected chi connectivity index (χ4v) is 12.1. The number of rotatable bonds is 10. The second kappa shape index (κ2) is 13.4. The van der Waals surface area contributed by atoms with E-state index >= 15 is 0 Å². The Bertz CT molecular complexity index is 1170. The summed E-state index contributed by atoms with van der Waals surface area (Å²) >= 11 is 8.14. The Kier molecular flexibility index (Phi) is 10.2. The number of amides is 2. The van der Waals surface area contributed by atoms with Crippen LogP contribution in [0.25, 0.3) is 0 Å². The molecule has 4 rings (SSSR count). The summed E-state index contributed by atoms with van der Waals surface area (Å²) < 4.78 is 5.37. The normalized spacial score (nSPS) is 15.5. The van der Waals surface area contributed by atoms with Gasteiger partial charge in [0.1, 0.15) is 5.60 Å². The van der Waals surface area contributed by atoms with Gasteiger partial charge in [0.25, 0.3) is 0 Å². The van der Waals surface area contributed by atoms with Crippen LogP contribution in [-0.2, 0) is 9.53 Å². The summed E-state index contributed by atoms with van der Waals surface area (Å²) in [6, 6.07) is 31.7. The number of benzene rings is 3. The first-order valence-electron chi connectivity index (χ1n) is 14.8. The van der Waals surface area contributed by atoms with Gasteiger partial charge in [-0.05, 0) is 20.8 Å². The van der Waals surface area contributed by atoms with E-state index in [1.807, 2.05) is 43.9 Å². The zero-order valence-corrected chi connectivity index (χ0v) is 26.2. The second-order valence-electron chi connectivity index (χ2n) is 12.0. The number of carbonyl (C=O) groups excluding carboxylic acids is 2. The number of unbranched alkanes of at least 4 members (excludes halogenated alkanes) is 2. The fraction of sp³-hybridized carbons (Fsp3) is 0.412. The number of halogens is 1. The summed E-state index contributed by atoms with van der Waals surface area (Å²) in [4.78, 5) is 27.0. The summed E-state index contributed by atoms with van der Waals surface area (Å²) in [7, 11) is 0. The minimum absolute atomic E-state index is 0.0422. The van der Waals surface area contributed by atoms with Crippen LogP contribution in [0.3, 0.4) is 0 Å². The Morgan fingerprint density at radius 3 is 1.71 bits per heavy atom. The number of ether oxygens (including phenoxy) is 1. The number of alkyl carbamates (subject to hydrolysis) is 1. The van der Waals surface area contributed by atoms with E-state index in [9.17, 15) is 9.59 Å². The van der Waals surface area contributed by atoms with Gasteiger partial charge in [0.2, 0.25) is 0 Å². The number of likely N-dealkylation sites (tertiary alicyclic amines) is 1. The topological polar surface area (TPSA) is 58.6 Å². The van der Waals surface area contributed by atoms with Crippen LogP contribution in [0.2, 0.25) is 0 Å². The summed E-state index contributed by atoms with van der Waals surface area (Å²) in [5, 5.41) is 6.48. The fourth-order valence-electron chi connectivity index (χ4n) is 5.82. The van der Waals surface area contributed by atoms with Crippen molar-refractivity contribution in [2.75, 3.05) is 19.3 Å². The van der Waals surface area contributed by atoms with Crippen LogP contribution in [0.15, 0.2) is 91.0 Å². The molecule has 0 aromatic heterocycles. The Morgan fingerprint density at radius 1 is 0.805 bits per heavy atom. The minimum atomic E-state index is -3.25. The van der Waals surface area contributed by atoms with E-state index < -0.39 is 11.6 Å². The Balaban J connectivity index is 1.36. The van der Waals surface area contributed by atoms with Gasteiger partial charge in [0, 0.05) is 0 Å². The van der Waals surface area contributed by atoms with Gasteiger partial charge in [-0.1, -0.05) is 0 Å². The molecule has 1 saturated heterocycles. The van der Waals surface area contributed by atoms with E-state index in [1.165, 1.54) is 15.9 Å². The first kappa shape index (κ1) is 31.1. The molecule has 7 heteroatoms. The Labute approximate surface area is 250 Å². The van der Waals surface area contributed by atoms with Crippen molar-refractivity contribution in [2.24, 2.45) is 0 Å². The van der Waals surface area contributed by atoms with Crippen LogP contribution >= 0.6 is 17.2 Å². The molecule has 220 valence electrons. The van der Waals surface area contributed by atoms with Gasteiger partial charge in [-0.25, -0.2) is 4.79 Å². The number of hydrogen-bond acceptors (Lipinski definition) is 3. The van der Waals surface area contributed by atoms with E-state index in [2.05, 4.69) is 78.1 Å². The van der Waals surface area contributed by atoms with Gasteiger partial charge in [-0.3, -0.25) is 0 Å². The van der Waals surface area contributed by atoms with E-state index in [0.29, 0.717) is 19.5 Å². The van der Waals surface area contributed by atoms with Crippen LogP contribution in [0.5, 0.6) is 0 Å². The maximum absolute atomic E-state index is 13.0. The second-order valence-corrected chi connectivity index (χ2v) is 18.6. The third-order valence-electron chi connectivity index (χ3n) is 7.92. The number of hydrogen-bond donors (Lipinski definition) is 1. The van der Waals surface area contributed by atoms with Crippen LogP contribution in [0, 0.1) is 0 Å². The molecule has 5 nitrogen and oxygen atoms in total. The quantitative estimate of drug-likeness (QED) is 0.209. The Hall–Kier alpha value is -2.88. The predicted octanol–water partition coefficient (Wildman–Crippen LogP) is 6.75. The molecule has 0 aliphatic carbocycles. The van der Waals surface area contributed by atoms with Crippen molar-refractivity contribution in [2.45, 2.75) is 70.9 Å². The molecule has 1 aliphatic heterocycles. The molecule has 3 aromatic carbocycles. The molecule has 1 N–H and O–H groups in total. The van der Waals surface area contributed by atoms with E-state index in [0.717, 1.165) is 38.3 Å². The molecule has 0 saturated carbocycles. The van der Waals surface area contributed by atoms with E-state index in [-0.39, 0.29) is 18.0 Å². The zero-order chi connectivity index (χ0) is 29.4. The molecule has 2 amide bonds. The Morgan fingerprint density at radius 2 is 1.27 bits per heavy atom. The molecule has 1 aliphatic rings. The summed E-state index contributed by atoms with van der Waals surface area (Å²) in [5.74, 6) is -3.06. The van der Waals surface area contributed by atoms with Gasteiger partial charge in [-0.15, -0.1) is 0 Å². The molecule has 41 heavy (non-hydrogen) atoms. The maximum atomic E-state index is 13.0. The van der Waals surface area contributed by atoms with E-state index in [1.54, 1.807) is 0 Å². The standard InChI is InChI=1S/C34H44ClN2O3P/c1-34(2,3)40-33(39)36-28-23-25-37(26-24-28)32(38)22-14-7-15-27-41(35,29-16-8-4-9-17-29,30-18-10-5-11-19-30)31-20-12-6-13-21-31/h4-6,8-13,16-21,28H,7,14-15,22-27H2,1-3H3,(H,36,39). The molecule has 0 radical (unpaired) electrons. The van der Waals surface area contributed by atoms with Crippen LogP contribution in [-0.4, -0.2) is 47.8 Å². The number of carbonyl (C=O) groups is 2. The first-order valence-corrected chi connectivity index (χ1v) is 18.1. The monoisotopic (exact) mass is 594 g/mol. The van der Waals surface area contributed by atoms with Crippen LogP contribution in [0.1, 0.15) is 59.3 Å². The molecule has 1 fully saturated rings. The average molecular weight is 595 g/mol. The summed E-state index contributed by atoms with van der Waals surface area (Å²) in [5.41, 5.74) is -0.519. The van der Waals surface area contributed by atoms with Gasteiger partial charge in [0.05, 0.1) is 0 Å². The molecular weight excluding hydrogens is 551 g/mol. The predicted molar refractivity (Wildman–Crippen MR) is 173 cm³/mol. The van der Waals surface area contributed by atoms with Gasteiger partial charge in [-0.2, -0.15) is 0 Å². The molecule has 3 aromatic rings. The van der Waals surface area contributed by atoms with Crippen molar-refractivity contribution in [1.29, 1.82) is 0 Å². The van der Waals surface area contributed by atoms with Crippen molar-refractivity contribution >= 4 is 45.1 Å². The van der Waals surface area contributed by atoms with Gasteiger partial charge in [0.15, 0.2) is 0 Å². The molecule has 0 unspecified atom stereocenters.